The van der Waals surface area contributed by atoms with Gasteiger partial charge in [0.05, 0.1) is 29.1 Å². The van der Waals surface area contributed by atoms with Gasteiger partial charge in [0.2, 0.25) is 0 Å². The summed E-state index contributed by atoms with van der Waals surface area (Å²) >= 11 is 1.31. The van der Waals surface area contributed by atoms with Gasteiger partial charge in [-0.25, -0.2) is 13.4 Å². The standard InChI is InChI=1S/C14H18N4O3S2/c1-9-13(22-8-15-9)14(19)18-6-4-3-5-10(18)12-11(7-16-17-12)23(2,20)21/h7-8,10H,3-6H2,1-2H3,(H,16,17). The highest BCUT2D eigenvalue weighted by Gasteiger charge is 2.34. The first-order chi connectivity index (χ1) is 10.9. The fraction of sp³-hybridized carbons (Fsp3) is 0.500. The van der Waals surface area contributed by atoms with E-state index >= 15 is 0 Å². The minimum Gasteiger partial charge on any atom is -0.329 e. The van der Waals surface area contributed by atoms with Crippen molar-refractivity contribution in [3.63, 3.8) is 0 Å². The van der Waals surface area contributed by atoms with Crippen molar-refractivity contribution in [1.82, 2.24) is 20.1 Å². The molecule has 0 radical (unpaired) electrons. The summed E-state index contributed by atoms with van der Waals surface area (Å²) in [7, 11) is -3.39. The van der Waals surface area contributed by atoms with Gasteiger partial charge in [0, 0.05) is 12.8 Å². The Morgan fingerprint density at radius 3 is 2.87 bits per heavy atom. The molecule has 9 heteroatoms. The van der Waals surface area contributed by atoms with Gasteiger partial charge in [-0.2, -0.15) is 5.10 Å². The van der Waals surface area contributed by atoms with Gasteiger partial charge in [-0.3, -0.25) is 9.89 Å². The molecule has 0 spiro atoms. The molecule has 3 rings (SSSR count). The number of carbonyl (C=O) groups excluding carboxylic acids is 1. The number of piperidine rings is 1. The molecular formula is C14H18N4O3S2. The Balaban J connectivity index is 1.99. The number of likely N-dealkylation sites (tertiary alicyclic amines) is 1. The minimum absolute atomic E-state index is 0.0937. The van der Waals surface area contributed by atoms with Crippen molar-refractivity contribution in [2.24, 2.45) is 0 Å². The van der Waals surface area contributed by atoms with E-state index in [1.165, 1.54) is 17.5 Å². The first-order valence-electron chi connectivity index (χ1n) is 7.34. The molecule has 7 nitrogen and oxygen atoms in total. The first kappa shape index (κ1) is 16.1. The van der Waals surface area contributed by atoms with Crippen LogP contribution in [-0.4, -0.2) is 47.2 Å². The summed E-state index contributed by atoms with van der Waals surface area (Å²) in [5.41, 5.74) is 2.86. The van der Waals surface area contributed by atoms with Crippen molar-refractivity contribution in [3.05, 3.63) is 28.0 Å². The lowest BCUT2D eigenvalue weighted by Gasteiger charge is -2.35. The summed E-state index contributed by atoms with van der Waals surface area (Å²) in [6.07, 6.45) is 5.04. The van der Waals surface area contributed by atoms with Crippen LogP contribution in [0.15, 0.2) is 16.6 Å². The lowest BCUT2D eigenvalue weighted by Crippen LogP contribution is -2.39. The number of amides is 1. The SMILES string of the molecule is Cc1ncsc1C(=O)N1CCCCC1c1[nH]ncc1S(C)(=O)=O. The van der Waals surface area contributed by atoms with Crippen LogP contribution in [0.2, 0.25) is 0 Å². The van der Waals surface area contributed by atoms with E-state index in [0.29, 0.717) is 29.2 Å². The molecule has 124 valence electrons. The summed E-state index contributed by atoms with van der Waals surface area (Å²) in [6.45, 7) is 2.41. The number of rotatable bonds is 3. The van der Waals surface area contributed by atoms with Gasteiger partial charge in [-0.15, -0.1) is 11.3 Å². The molecule has 2 aromatic rings. The number of aromatic amines is 1. The zero-order chi connectivity index (χ0) is 16.6. The molecular weight excluding hydrogens is 336 g/mol. The van der Waals surface area contributed by atoms with E-state index in [2.05, 4.69) is 15.2 Å². The molecule has 0 bridgehead atoms. The van der Waals surface area contributed by atoms with Gasteiger partial charge >= 0.3 is 0 Å². The number of sulfone groups is 1. The van der Waals surface area contributed by atoms with Crippen LogP contribution in [0.25, 0.3) is 0 Å². The molecule has 1 aliphatic rings. The number of thiazole rings is 1. The third-order valence-corrected chi connectivity index (χ3v) is 6.11. The molecule has 3 heterocycles. The van der Waals surface area contributed by atoms with Crippen LogP contribution >= 0.6 is 11.3 Å². The van der Waals surface area contributed by atoms with Gasteiger partial charge in [0.25, 0.3) is 5.91 Å². The summed E-state index contributed by atoms with van der Waals surface area (Å²) in [6, 6.07) is -0.301. The summed E-state index contributed by atoms with van der Waals surface area (Å²) in [4.78, 5) is 19.5. The van der Waals surface area contributed by atoms with Gasteiger partial charge in [-0.05, 0) is 26.2 Å². The van der Waals surface area contributed by atoms with E-state index in [9.17, 15) is 13.2 Å². The number of hydrogen-bond donors (Lipinski definition) is 1. The molecule has 1 amide bonds. The predicted octanol–water partition coefficient (Wildman–Crippen LogP) is 1.95. The molecule has 0 saturated carbocycles. The smallest absolute Gasteiger partial charge is 0.266 e. The zero-order valence-corrected chi connectivity index (χ0v) is 14.6. The molecule has 23 heavy (non-hydrogen) atoms. The number of H-pyrrole nitrogens is 1. The van der Waals surface area contributed by atoms with Crippen molar-refractivity contribution in [2.75, 3.05) is 12.8 Å². The Morgan fingerprint density at radius 1 is 1.43 bits per heavy atom. The normalized spacial score (nSPS) is 19.0. The lowest BCUT2D eigenvalue weighted by molar-refractivity contribution is 0.0606. The van der Waals surface area contributed by atoms with Crippen LogP contribution in [0, 0.1) is 6.92 Å². The maximum absolute atomic E-state index is 12.9. The fourth-order valence-electron chi connectivity index (χ4n) is 2.93. The molecule has 0 aliphatic carbocycles. The van der Waals surface area contributed by atoms with E-state index in [1.807, 2.05) is 0 Å². The lowest BCUT2D eigenvalue weighted by atomic mass is 9.99. The van der Waals surface area contributed by atoms with Crippen LogP contribution in [0.3, 0.4) is 0 Å². The quantitative estimate of drug-likeness (QED) is 0.909. The second-order valence-corrected chi connectivity index (χ2v) is 8.54. The molecule has 1 fully saturated rings. The van der Waals surface area contributed by atoms with Crippen LogP contribution in [0.1, 0.15) is 46.4 Å². The summed E-state index contributed by atoms with van der Waals surface area (Å²) in [5.74, 6) is -0.0937. The highest BCUT2D eigenvalue weighted by atomic mass is 32.2. The van der Waals surface area contributed by atoms with Gasteiger partial charge in [-0.1, -0.05) is 0 Å². The molecule has 0 aromatic carbocycles. The van der Waals surface area contributed by atoms with E-state index in [4.69, 9.17) is 0 Å². The third kappa shape index (κ3) is 3.02. The van der Waals surface area contributed by atoms with E-state index in [1.54, 1.807) is 17.3 Å². The molecule has 1 N–H and O–H groups in total. The van der Waals surface area contributed by atoms with E-state index < -0.39 is 9.84 Å². The number of aryl methyl sites for hydroxylation is 1. The Hall–Kier alpha value is -1.74. The molecule has 1 saturated heterocycles. The Morgan fingerprint density at radius 2 is 2.22 bits per heavy atom. The maximum atomic E-state index is 12.9. The van der Waals surface area contributed by atoms with Crippen molar-refractivity contribution in [2.45, 2.75) is 37.1 Å². The fourth-order valence-corrected chi connectivity index (χ4v) is 4.51. The second-order valence-electron chi connectivity index (χ2n) is 5.70. The van der Waals surface area contributed by atoms with Crippen LogP contribution in [0.4, 0.5) is 0 Å². The zero-order valence-electron chi connectivity index (χ0n) is 12.9. The molecule has 1 unspecified atom stereocenters. The highest BCUT2D eigenvalue weighted by molar-refractivity contribution is 7.90. The maximum Gasteiger partial charge on any atom is 0.266 e. The molecule has 1 atom stereocenters. The second kappa shape index (κ2) is 6.04. The van der Waals surface area contributed by atoms with Crippen molar-refractivity contribution < 1.29 is 13.2 Å². The average Bonchev–Trinajstić information content (AvgIpc) is 3.14. The summed E-state index contributed by atoms with van der Waals surface area (Å²) < 4.78 is 23.9. The number of carbonyl (C=O) groups is 1. The highest BCUT2D eigenvalue weighted by Crippen LogP contribution is 2.34. The monoisotopic (exact) mass is 354 g/mol. The Kier molecular flexibility index (Phi) is 4.24. The number of nitrogens with zero attached hydrogens (tertiary/aromatic N) is 3. The van der Waals surface area contributed by atoms with Crippen LogP contribution < -0.4 is 0 Å². The largest absolute Gasteiger partial charge is 0.329 e. The molecule has 2 aromatic heterocycles. The number of hydrogen-bond acceptors (Lipinski definition) is 6. The number of nitrogens with one attached hydrogen (secondary N) is 1. The van der Waals surface area contributed by atoms with E-state index in [-0.39, 0.29) is 16.8 Å². The third-order valence-electron chi connectivity index (χ3n) is 4.07. The van der Waals surface area contributed by atoms with Crippen LogP contribution in [-0.2, 0) is 9.84 Å². The Labute approximate surface area is 138 Å². The van der Waals surface area contributed by atoms with Crippen molar-refractivity contribution in [1.29, 1.82) is 0 Å². The predicted molar refractivity (Wildman–Crippen MR) is 86.2 cm³/mol. The minimum atomic E-state index is -3.39. The van der Waals surface area contributed by atoms with E-state index in [0.717, 1.165) is 19.1 Å². The topological polar surface area (TPSA) is 96.0 Å². The Bertz CT molecular complexity index is 825. The van der Waals surface area contributed by atoms with Crippen LogP contribution in [0.5, 0.6) is 0 Å². The van der Waals surface area contributed by atoms with Gasteiger partial charge < -0.3 is 4.90 Å². The number of aromatic nitrogens is 3. The van der Waals surface area contributed by atoms with Crippen molar-refractivity contribution in [3.8, 4) is 0 Å². The summed E-state index contributed by atoms with van der Waals surface area (Å²) in [5, 5.41) is 6.68. The first-order valence-corrected chi connectivity index (χ1v) is 10.1. The van der Waals surface area contributed by atoms with Gasteiger partial charge in [0.15, 0.2) is 9.84 Å². The van der Waals surface area contributed by atoms with Gasteiger partial charge in [0.1, 0.15) is 9.77 Å². The average molecular weight is 354 g/mol. The van der Waals surface area contributed by atoms with Crippen molar-refractivity contribution >= 4 is 27.1 Å². The molecule has 1 aliphatic heterocycles.